The summed E-state index contributed by atoms with van der Waals surface area (Å²) in [6.07, 6.45) is 0. The van der Waals surface area contributed by atoms with Gasteiger partial charge in [0.2, 0.25) is 0 Å². The molecule has 25 heavy (non-hydrogen) atoms. The zero-order chi connectivity index (χ0) is 18.0. The van der Waals surface area contributed by atoms with E-state index in [2.05, 4.69) is 0 Å². The maximum Gasteiger partial charge on any atom is 0.256 e. The van der Waals surface area contributed by atoms with E-state index in [-0.39, 0.29) is 11.8 Å². The highest BCUT2D eigenvalue weighted by Gasteiger charge is 2.27. The molecule has 0 saturated carbocycles. The highest BCUT2D eigenvalue weighted by molar-refractivity contribution is 7.20. The Morgan fingerprint density at radius 3 is 2.04 bits per heavy atom. The van der Waals surface area contributed by atoms with Crippen molar-refractivity contribution in [2.24, 2.45) is 0 Å². The van der Waals surface area contributed by atoms with Gasteiger partial charge >= 0.3 is 0 Å². The first-order chi connectivity index (χ1) is 12.0. The number of nitrogens with zero attached hydrogens (tertiary/aromatic N) is 2. The van der Waals surface area contributed by atoms with Crippen LogP contribution in [0.25, 0.3) is 0 Å². The number of carbonyl (C=O) groups excluding carboxylic acids is 2. The lowest BCUT2D eigenvalue weighted by atomic mass is 10.1. The van der Waals surface area contributed by atoms with E-state index in [9.17, 15) is 9.59 Å². The van der Waals surface area contributed by atoms with Crippen molar-refractivity contribution in [2.75, 3.05) is 33.3 Å². The summed E-state index contributed by atoms with van der Waals surface area (Å²) >= 11 is 13.1. The van der Waals surface area contributed by atoms with E-state index in [1.54, 1.807) is 47.2 Å². The second-order valence-corrected chi connectivity index (χ2v) is 7.84. The molecule has 0 N–H and O–H groups in total. The molecule has 2 amide bonds. The van der Waals surface area contributed by atoms with Gasteiger partial charge in [-0.1, -0.05) is 23.2 Å². The fraction of sp³-hybridized carbons (Fsp3) is 0.294. The van der Waals surface area contributed by atoms with E-state index in [4.69, 9.17) is 27.9 Å². The van der Waals surface area contributed by atoms with E-state index < -0.39 is 0 Å². The van der Waals surface area contributed by atoms with Crippen LogP contribution in [-0.4, -0.2) is 54.9 Å². The third kappa shape index (κ3) is 3.92. The van der Waals surface area contributed by atoms with Crippen molar-refractivity contribution in [1.82, 2.24) is 9.80 Å². The van der Waals surface area contributed by atoms with Crippen LogP contribution in [0.4, 0.5) is 0 Å². The van der Waals surface area contributed by atoms with Crippen LogP contribution in [0.15, 0.2) is 30.3 Å². The minimum Gasteiger partial charge on any atom is -0.497 e. The Bertz CT molecular complexity index is 784. The molecule has 0 bridgehead atoms. The van der Waals surface area contributed by atoms with Crippen LogP contribution in [0, 0.1) is 0 Å². The van der Waals surface area contributed by atoms with Gasteiger partial charge in [-0.2, -0.15) is 0 Å². The summed E-state index contributed by atoms with van der Waals surface area (Å²) in [5.41, 5.74) is 1.03. The zero-order valence-electron chi connectivity index (χ0n) is 13.5. The number of methoxy groups -OCH3 is 1. The fourth-order valence-corrected chi connectivity index (χ4v) is 4.13. The van der Waals surface area contributed by atoms with Crippen molar-refractivity contribution in [3.8, 4) is 5.75 Å². The molecule has 2 aromatic rings. The van der Waals surface area contributed by atoms with Crippen LogP contribution < -0.4 is 4.74 Å². The van der Waals surface area contributed by atoms with Gasteiger partial charge in [-0.3, -0.25) is 9.59 Å². The van der Waals surface area contributed by atoms with Crippen molar-refractivity contribution in [3.63, 3.8) is 0 Å². The molecular formula is C17H16Cl2N2O3S. The summed E-state index contributed by atoms with van der Waals surface area (Å²) < 4.78 is 5.98. The van der Waals surface area contributed by atoms with Crippen LogP contribution in [0.5, 0.6) is 5.75 Å². The van der Waals surface area contributed by atoms with Gasteiger partial charge in [0.05, 0.1) is 17.0 Å². The van der Waals surface area contributed by atoms with Gasteiger partial charge in [-0.25, -0.2) is 0 Å². The molecule has 0 spiro atoms. The maximum absolute atomic E-state index is 12.5. The minimum absolute atomic E-state index is 0.0497. The first-order valence-electron chi connectivity index (χ1n) is 7.67. The molecule has 8 heteroatoms. The predicted octanol–water partition coefficient (Wildman–Crippen LogP) is 3.66. The van der Waals surface area contributed by atoms with Gasteiger partial charge in [0, 0.05) is 31.7 Å². The Morgan fingerprint density at radius 2 is 1.56 bits per heavy atom. The molecule has 132 valence electrons. The van der Waals surface area contributed by atoms with Gasteiger partial charge in [-0.05, 0) is 30.3 Å². The van der Waals surface area contributed by atoms with Crippen LogP contribution in [0.1, 0.15) is 20.7 Å². The summed E-state index contributed by atoms with van der Waals surface area (Å²) in [6.45, 7) is 1.88. The van der Waals surface area contributed by atoms with Crippen molar-refractivity contribution >= 4 is 46.4 Å². The van der Waals surface area contributed by atoms with Crippen molar-refractivity contribution in [2.45, 2.75) is 0 Å². The van der Waals surface area contributed by atoms with E-state index in [1.807, 2.05) is 0 Å². The number of hydrogen-bond donors (Lipinski definition) is 0. The lowest BCUT2D eigenvalue weighted by Gasteiger charge is -2.34. The van der Waals surface area contributed by atoms with Crippen molar-refractivity contribution in [1.29, 1.82) is 0 Å². The number of rotatable bonds is 3. The quantitative estimate of drug-likeness (QED) is 0.792. The molecular weight excluding hydrogens is 383 g/mol. The highest BCUT2D eigenvalue weighted by atomic mass is 35.5. The summed E-state index contributed by atoms with van der Waals surface area (Å²) in [6, 6.07) is 8.59. The molecule has 1 aromatic carbocycles. The Kier molecular flexibility index (Phi) is 5.51. The standard InChI is InChI=1S/C17H16Cl2N2O3S/c1-24-12-4-2-11(3-5-12)16(22)20-6-8-21(9-7-20)17(23)13-10-14(18)25-15(13)19/h2-5,10H,6-9H2,1H3. The number of carbonyl (C=O) groups is 2. The van der Waals surface area contributed by atoms with Gasteiger partial charge in [0.15, 0.2) is 0 Å². The van der Waals surface area contributed by atoms with Crippen molar-refractivity contribution in [3.05, 3.63) is 50.1 Å². The summed E-state index contributed by atoms with van der Waals surface area (Å²) in [7, 11) is 1.58. The molecule has 1 aliphatic rings. The van der Waals surface area contributed by atoms with E-state index in [0.717, 1.165) is 0 Å². The predicted molar refractivity (Wildman–Crippen MR) is 99.1 cm³/mol. The largest absolute Gasteiger partial charge is 0.497 e. The van der Waals surface area contributed by atoms with Crippen LogP contribution >= 0.6 is 34.5 Å². The van der Waals surface area contributed by atoms with Crippen LogP contribution in [-0.2, 0) is 0 Å². The number of thiophene rings is 1. The molecule has 3 rings (SSSR count). The molecule has 1 saturated heterocycles. The number of benzene rings is 1. The average molecular weight is 399 g/mol. The highest BCUT2D eigenvalue weighted by Crippen LogP contribution is 2.32. The van der Waals surface area contributed by atoms with Gasteiger partial charge in [0.1, 0.15) is 10.1 Å². The number of amides is 2. The number of piperazine rings is 1. The third-order valence-electron chi connectivity index (χ3n) is 4.08. The van der Waals surface area contributed by atoms with Gasteiger partial charge in [-0.15, -0.1) is 11.3 Å². The molecule has 1 aromatic heterocycles. The summed E-state index contributed by atoms with van der Waals surface area (Å²) in [5.74, 6) is 0.509. The summed E-state index contributed by atoms with van der Waals surface area (Å²) in [5, 5.41) is 0. The monoisotopic (exact) mass is 398 g/mol. The van der Waals surface area contributed by atoms with Gasteiger partial charge in [0.25, 0.3) is 11.8 Å². The van der Waals surface area contributed by atoms with E-state index in [1.165, 1.54) is 11.3 Å². The minimum atomic E-state index is -0.148. The molecule has 5 nitrogen and oxygen atoms in total. The van der Waals surface area contributed by atoms with E-state index >= 15 is 0 Å². The van der Waals surface area contributed by atoms with Crippen LogP contribution in [0.3, 0.4) is 0 Å². The molecule has 1 aliphatic heterocycles. The first-order valence-corrected chi connectivity index (χ1v) is 9.24. The van der Waals surface area contributed by atoms with Crippen LogP contribution in [0.2, 0.25) is 8.67 Å². The average Bonchev–Trinajstić information content (AvgIpc) is 2.99. The normalized spacial score (nSPS) is 14.5. The lowest BCUT2D eigenvalue weighted by Crippen LogP contribution is -2.50. The topological polar surface area (TPSA) is 49.9 Å². The first kappa shape index (κ1) is 18.0. The molecule has 0 radical (unpaired) electrons. The van der Waals surface area contributed by atoms with E-state index in [0.29, 0.717) is 51.7 Å². The second kappa shape index (κ2) is 7.64. The lowest BCUT2D eigenvalue weighted by molar-refractivity contribution is 0.0536. The SMILES string of the molecule is COc1ccc(C(=O)N2CCN(C(=O)c3cc(Cl)sc3Cl)CC2)cc1. The fourth-order valence-electron chi connectivity index (χ4n) is 2.69. The van der Waals surface area contributed by atoms with Crippen molar-refractivity contribution < 1.29 is 14.3 Å². The Morgan fingerprint density at radius 1 is 1.00 bits per heavy atom. The van der Waals surface area contributed by atoms with Gasteiger partial charge < -0.3 is 14.5 Å². The Hall–Kier alpha value is -1.76. The number of hydrogen-bond acceptors (Lipinski definition) is 4. The molecule has 0 atom stereocenters. The molecule has 0 unspecified atom stereocenters. The Balaban J connectivity index is 1.62. The summed E-state index contributed by atoms with van der Waals surface area (Å²) in [4.78, 5) is 28.5. The smallest absolute Gasteiger partial charge is 0.256 e. The number of ether oxygens (including phenoxy) is 1. The molecule has 0 aliphatic carbocycles. The molecule has 1 fully saturated rings. The number of halogens is 2. The zero-order valence-corrected chi connectivity index (χ0v) is 15.8. The Labute approximate surface area is 159 Å². The maximum atomic E-state index is 12.5. The molecule has 2 heterocycles. The second-order valence-electron chi connectivity index (χ2n) is 5.55. The third-order valence-corrected chi connectivity index (χ3v) is 5.57.